The quantitative estimate of drug-likeness (QED) is 0.133. The Balaban J connectivity index is 0.000000117. The van der Waals surface area contributed by atoms with Gasteiger partial charge in [-0.05, 0) is 89.6 Å². The van der Waals surface area contributed by atoms with Gasteiger partial charge in [-0.15, -0.1) is 11.3 Å². The molecular weight excluding hydrogens is 1270 g/mol. The molecule has 4 radical (unpaired) electrons. The van der Waals surface area contributed by atoms with Crippen LogP contribution in [0, 0.1) is 0 Å². The normalized spacial score (nSPS) is 10.5. The Morgan fingerprint density at radius 1 is 0.363 bits per heavy atom. The van der Waals surface area contributed by atoms with Crippen molar-refractivity contribution in [2.45, 2.75) is 0 Å². The van der Waals surface area contributed by atoms with Gasteiger partial charge < -0.3 is 29.1 Å². The number of fused-ring (bicyclic) bond motifs is 8. The predicted molar refractivity (Wildman–Crippen MR) is 358 cm³/mol. The summed E-state index contributed by atoms with van der Waals surface area (Å²) >= 11 is 7.50. The van der Waals surface area contributed by atoms with Crippen LogP contribution in [0.2, 0.25) is 0 Å². The number of nitrogens with zero attached hydrogens (tertiary/aromatic N) is 10. The van der Waals surface area contributed by atoms with Gasteiger partial charge in [0.2, 0.25) is 5.89 Å². The van der Waals surface area contributed by atoms with Gasteiger partial charge in [-0.3, -0.25) is 39.9 Å². The number of benzene rings is 4. The summed E-state index contributed by atoms with van der Waals surface area (Å²) in [5.74, 6) is 3.61. The minimum absolute atomic E-state index is 0. The summed E-state index contributed by atoms with van der Waals surface area (Å²) < 4.78 is 34.7. The van der Waals surface area contributed by atoms with Crippen molar-refractivity contribution in [2.75, 3.05) is 0 Å². The van der Waals surface area contributed by atoms with E-state index in [2.05, 4.69) is 86.2 Å². The van der Waals surface area contributed by atoms with Gasteiger partial charge in [-0.2, -0.15) is 0 Å². The Kier molecular flexibility index (Phi) is 21.2. The standard InChI is InChI=1S/C16H10N2O2.C16H10N2OS.2C14H10N2O.C8H6N2O2.4Al.Zn.4H/c19-14-5-6-17-8-12(14)13-7-11-10-3-1-2-4-15(10)20-16(11)9-18-13;19-14-8-17-6-5-11(14)13-7-12-10-3-1-2-4-15(10)20-16(12)9-18-13;17-12-6-3-8-15-14(12)13-11-5-2-1-4-10(11)7-9-16-13;17-14-5-6-15-9-12(14)13-7-10-3-1-2-4-11(10)8-16-13;11-6-2-1-3-9-7(6)8-10-4-5-12-8;;;;;;;;;/h1-9H,(H,17,19);1-9,19H;1-9,17H;1-9H,(H,15,17);1-5,11H;;;;;;;;;/q;;;;;4*+1;;;;;/p-4. The van der Waals surface area contributed by atoms with Crippen molar-refractivity contribution in [3.8, 4) is 85.5 Å². The molecule has 0 atom stereocenters. The minimum atomic E-state index is 0. The van der Waals surface area contributed by atoms with Gasteiger partial charge in [0.15, 0.2) is 11.3 Å². The average molecular weight is 1320 g/mol. The van der Waals surface area contributed by atoms with Crippen molar-refractivity contribution in [1.82, 2.24) is 49.8 Å². The Bertz CT molecular complexity index is 4970. The Hall–Kier alpha value is -9.27. The molecule has 16 aromatic rings. The van der Waals surface area contributed by atoms with Gasteiger partial charge in [0.1, 0.15) is 46.2 Å². The first-order valence-electron chi connectivity index (χ1n) is 27.6. The van der Waals surface area contributed by atoms with Crippen molar-refractivity contribution >= 4 is 141 Å². The molecule has 0 saturated carbocycles. The summed E-state index contributed by atoms with van der Waals surface area (Å²) in [4.78, 5) is 42.6. The van der Waals surface area contributed by atoms with Gasteiger partial charge in [-0.1, -0.05) is 84.9 Å². The molecule has 23 heteroatoms. The fourth-order valence-corrected chi connectivity index (χ4v) is 11.8. The minimum Gasteiger partial charge on any atom is -0.650 e. The maximum atomic E-state index is 9.76. The number of thiophene rings is 1. The van der Waals surface area contributed by atoms with Crippen molar-refractivity contribution < 1.29 is 48.6 Å². The van der Waals surface area contributed by atoms with Crippen molar-refractivity contribution in [3.63, 3.8) is 0 Å². The zero-order chi connectivity index (χ0) is 61.6. The number of aromatic nitrogens is 10. The van der Waals surface area contributed by atoms with Crippen LogP contribution in [0.15, 0.2) is 259 Å². The molecule has 91 heavy (non-hydrogen) atoms. The first kappa shape index (κ1) is 63.3. The second-order valence-electron chi connectivity index (χ2n) is 19.4. The largest absolute Gasteiger partial charge is 0.650 e. The van der Waals surface area contributed by atoms with E-state index in [9.17, 15) is 5.11 Å². The van der Waals surface area contributed by atoms with E-state index in [1.165, 1.54) is 92.9 Å². The van der Waals surface area contributed by atoms with Crippen LogP contribution in [0.25, 0.3) is 120 Å². The van der Waals surface area contributed by atoms with Crippen LogP contribution in [-0.2, 0) is 19.5 Å². The molecule has 0 aliphatic rings. The number of furan rings is 1. The first-order chi connectivity index (χ1) is 44.4. The average Bonchev–Trinajstić information content (AvgIpc) is 1.76. The van der Waals surface area contributed by atoms with Crippen molar-refractivity contribution in [1.29, 1.82) is 0 Å². The molecule has 17 nitrogen and oxygen atoms in total. The van der Waals surface area contributed by atoms with Crippen LogP contribution in [-0.4, -0.2) is 121 Å². The molecule has 0 aliphatic carbocycles. The third-order valence-corrected chi connectivity index (χ3v) is 16.4. The van der Waals surface area contributed by atoms with Crippen molar-refractivity contribution in [2.24, 2.45) is 0 Å². The molecule has 0 aliphatic heterocycles. The monoisotopic (exact) mass is 1320 g/mol. The smallest absolute Gasteiger partial charge is 0.494 e. The topological polar surface area (TPSA) is 212 Å². The number of rotatable bonds is 9. The molecule has 0 unspecified atom stereocenters. The number of oxazole rings is 1. The number of pyridine rings is 9. The van der Waals surface area contributed by atoms with Crippen LogP contribution in [0.3, 0.4) is 0 Å². The van der Waals surface area contributed by atoms with Crippen LogP contribution >= 0.6 is 11.3 Å². The molecule has 0 bridgehead atoms. The summed E-state index contributed by atoms with van der Waals surface area (Å²) in [6.07, 6.45) is 23.9. The zero-order valence-electron chi connectivity index (χ0n) is 48.5. The van der Waals surface area contributed by atoms with Gasteiger partial charge in [0, 0.05) is 124 Å². The molecule has 430 valence electrons. The SMILES string of the molecule is Oc1ccncc1-c1cc2ccccc2cn1.[AlH][O]c1cccnc1-c1nccc2ccccc12.[AlH][O]c1cccnc1-c1ncco1.[AlH][O]c1ccncc1-c1cc2c(cn1)oc1ccccc12.[AlH][O]c1cnccc1-c1cc2c(cn1)sc1ccccc12.[Zn]. The van der Waals surface area contributed by atoms with E-state index in [-0.39, 0.29) is 25.2 Å². The molecule has 12 heterocycles. The number of aromatic hydroxyl groups is 1. The third-order valence-electron chi connectivity index (χ3n) is 14.0. The summed E-state index contributed by atoms with van der Waals surface area (Å²) in [6.45, 7) is 0. The molecule has 1 N–H and O–H groups in total. The second-order valence-corrected chi connectivity index (χ2v) is 21.6. The summed E-state index contributed by atoms with van der Waals surface area (Å²) in [6, 6.07) is 53.4. The summed E-state index contributed by atoms with van der Waals surface area (Å²) in [7, 11) is 0. The molecular formula is C68H46Al4N10O7SZn. The van der Waals surface area contributed by atoms with Gasteiger partial charge in [0.05, 0.1) is 57.2 Å². The number of hydrogen-bond acceptors (Lipinski definition) is 18. The van der Waals surface area contributed by atoms with E-state index in [0.29, 0.717) is 22.9 Å². The molecule has 0 spiro atoms. The van der Waals surface area contributed by atoms with Gasteiger partial charge in [0.25, 0.3) is 0 Å². The molecule has 0 amide bonds. The predicted octanol–water partition coefficient (Wildman–Crippen LogP) is 13.4. The Labute approximate surface area is 571 Å². The van der Waals surface area contributed by atoms with Gasteiger partial charge >= 0.3 is 66.5 Å². The van der Waals surface area contributed by atoms with E-state index in [0.717, 1.165) is 100 Å². The Morgan fingerprint density at radius 2 is 0.967 bits per heavy atom. The van der Waals surface area contributed by atoms with E-state index < -0.39 is 0 Å². The summed E-state index contributed by atoms with van der Waals surface area (Å²) in [5, 5.41) is 18.8. The molecule has 16 rings (SSSR count). The molecule has 0 saturated heterocycles. The van der Waals surface area contributed by atoms with Crippen LogP contribution in [0.4, 0.5) is 0 Å². The first-order valence-corrected chi connectivity index (χ1v) is 30.8. The van der Waals surface area contributed by atoms with E-state index in [4.69, 9.17) is 24.0 Å². The molecule has 4 aromatic carbocycles. The zero-order valence-corrected chi connectivity index (χ0v) is 57.9. The molecule has 12 aromatic heterocycles. The van der Waals surface area contributed by atoms with Crippen LogP contribution in [0.5, 0.6) is 28.7 Å². The Morgan fingerprint density at radius 3 is 1.74 bits per heavy atom. The van der Waals surface area contributed by atoms with Gasteiger partial charge in [-0.25, -0.2) is 9.97 Å². The van der Waals surface area contributed by atoms with Crippen LogP contribution in [0.1, 0.15) is 0 Å². The summed E-state index contributed by atoms with van der Waals surface area (Å²) in [5.41, 5.74) is 8.88. The third kappa shape index (κ3) is 14.5. The molecule has 0 fully saturated rings. The second kappa shape index (κ2) is 30.5. The fourth-order valence-electron chi connectivity index (χ4n) is 9.78. The van der Waals surface area contributed by atoms with Crippen LogP contribution < -0.4 is 15.2 Å². The van der Waals surface area contributed by atoms with E-state index in [1.807, 2.05) is 121 Å². The van der Waals surface area contributed by atoms with E-state index in [1.54, 1.807) is 97.8 Å². The number of hydrogen-bond donors (Lipinski definition) is 1. The number of para-hydroxylation sites is 1. The van der Waals surface area contributed by atoms with E-state index >= 15 is 0 Å². The fraction of sp³-hybridized carbons (Fsp3) is 0. The maximum Gasteiger partial charge on any atom is 0.494 e. The maximum absolute atomic E-state index is 9.76. The van der Waals surface area contributed by atoms with Crippen molar-refractivity contribution in [3.05, 3.63) is 251 Å².